The number of hydrogen-bond donors (Lipinski definition) is 1. The summed E-state index contributed by atoms with van der Waals surface area (Å²) in [5, 5.41) is 18.1. The molecule has 5 rings (SSSR count). The molecule has 0 amide bonds. The van der Waals surface area contributed by atoms with E-state index in [4.69, 9.17) is 10.2 Å². The average Bonchev–Trinajstić information content (AvgIpc) is 3.08. The number of halogens is 4. The van der Waals surface area contributed by atoms with E-state index in [2.05, 4.69) is 58.9 Å². The maximum atomic E-state index is 12.5. The maximum absolute atomic E-state index is 12.5. The molecule has 0 radical (unpaired) electrons. The first-order valence-corrected chi connectivity index (χ1v) is 11.0. The number of alkyl halides is 3. The summed E-state index contributed by atoms with van der Waals surface area (Å²) in [5.74, 6) is -1.18. The van der Waals surface area contributed by atoms with E-state index in [1.807, 2.05) is 0 Å². The van der Waals surface area contributed by atoms with E-state index < -0.39 is 30.1 Å². The number of benzene rings is 2. The summed E-state index contributed by atoms with van der Waals surface area (Å²) in [6.45, 7) is 4.85. The minimum Gasteiger partial charge on any atom is -0.661 e. The summed E-state index contributed by atoms with van der Waals surface area (Å²) >= 11 is 0. The molecule has 1 aliphatic heterocycles. The van der Waals surface area contributed by atoms with Gasteiger partial charge in [-0.15, -0.1) is 13.1 Å². The first-order chi connectivity index (χ1) is 16.1. The van der Waals surface area contributed by atoms with E-state index in [0.29, 0.717) is 17.4 Å². The second-order valence-electron chi connectivity index (χ2n) is 9.07. The van der Waals surface area contributed by atoms with Crippen LogP contribution in [-0.4, -0.2) is 40.8 Å². The van der Waals surface area contributed by atoms with Crippen molar-refractivity contribution in [2.75, 3.05) is 19.7 Å². The molecule has 3 aromatic rings. The molecular formula is C25H26F4N3O2W-. The minimum atomic E-state index is -4.52. The predicted octanol–water partition coefficient (Wildman–Crippen LogP) is 6.21. The number of hydrogen-bond acceptors (Lipinski definition) is 3. The van der Waals surface area contributed by atoms with E-state index >= 15 is 0 Å². The second kappa shape index (κ2) is 10.7. The van der Waals surface area contributed by atoms with E-state index in [-0.39, 0.29) is 21.1 Å². The van der Waals surface area contributed by atoms with Crippen LogP contribution in [0.25, 0.3) is 11.0 Å². The van der Waals surface area contributed by atoms with Crippen LogP contribution < -0.4 is 4.74 Å². The molecule has 188 valence electrons. The Morgan fingerprint density at radius 3 is 2.40 bits per heavy atom. The molecule has 5 nitrogen and oxygen atoms in total. The third-order valence-corrected chi connectivity index (χ3v) is 6.19. The number of phenolic OH excluding ortho intramolecular Hbond substituents is 1. The fourth-order valence-corrected chi connectivity index (χ4v) is 4.45. The van der Waals surface area contributed by atoms with Gasteiger partial charge in [0.15, 0.2) is 18.1 Å². The number of rotatable bonds is 4. The number of nitrogens with zero attached hydrogens (tertiary/aromatic N) is 3. The van der Waals surface area contributed by atoms with E-state index in [1.165, 1.54) is 29.8 Å². The molecule has 2 fully saturated rings. The van der Waals surface area contributed by atoms with Gasteiger partial charge in [0.25, 0.3) is 0 Å². The Morgan fingerprint density at radius 2 is 1.80 bits per heavy atom. The summed E-state index contributed by atoms with van der Waals surface area (Å²) in [6.07, 6.45) is -1.94. The van der Waals surface area contributed by atoms with Crippen LogP contribution in [0.2, 0.25) is 0 Å². The number of para-hydroxylation sites is 1. The van der Waals surface area contributed by atoms with Gasteiger partial charge in [-0.1, -0.05) is 23.6 Å². The Labute approximate surface area is 215 Å². The van der Waals surface area contributed by atoms with Crippen LogP contribution >= 0.6 is 0 Å². The molecule has 1 N–H and O–H groups in total. The second-order valence-corrected chi connectivity index (χ2v) is 9.07. The zero-order valence-electron chi connectivity index (χ0n) is 19.3. The van der Waals surface area contributed by atoms with Crippen molar-refractivity contribution in [3.05, 3.63) is 76.6 Å². The van der Waals surface area contributed by atoms with Gasteiger partial charge in [-0.25, -0.2) is 9.07 Å². The van der Waals surface area contributed by atoms with E-state index in [9.17, 15) is 17.6 Å². The predicted molar refractivity (Wildman–Crippen MR) is 120 cm³/mol. The van der Waals surface area contributed by atoms with Crippen LogP contribution in [0, 0.1) is 25.1 Å². The number of aromatic hydroxyl groups is 1. The van der Waals surface area contributed by atoms with Crippen molar-refractivity contribution in [1.82, 2.24) is 9.78 Å². The standard InChI is InChI=1S/C17H20N3.C8H6F4O2.W/c1-12-5-3-4-6-15(12)20-16(7-13(2)19-20)14-8-17(9-14)10-18-11-17;9-5-1-2-6(13)7(3-5)14-4-8(10,11)12;/h3-7,14H,8-11H2,1-2H3;1-3,13H,4H2;/q-1;;. The molecule has 2 heterocycles. The van der Waals surface area contributed by atoms with Gasteiger partial charge in [0.05, 0.1) is 11.4 Å². The first-order valence-electron chi connectivity index (χ1n) is 11.0. The molecule has 10 heteroatoms. The molecule has 2 aromatic carbocycles. The van der Waals surface area contributed by atoms with Gasteiger partial charge >= 0.3 is 6.18 Å². The van der Waals surface area contributed by atoms with Gasteiger partial charge in [-0.3, -0.25) is 0 Å². The van der Waals surface area contributed by atoms with Gasteiger partial charge in [0.1, 0.15) is 5.82 Å². The molecule has 1 aromatic heterocycles. The zero-order valence-corrected chi connectivity index (χ0v) is 22.3. The Hall–Kier alpha value is -2.38. The third-order valence-electron chi connectivity index (χ3n) is 6.19. The van der Waals surface area contributed by atoms with E-state index in [1.54, 1.807) is 0 Å². The van der Waals surface area contributed by atoms with Crippen molar-refractivity contribution in [1.29, 1.82) is 0 Å². The fraction of sp³-hybridized carbons (Fsp3) is 0.400. The van der Waals surface area contributed by atoms with Gasteiger partial charge in [-0.05, 0) is 56.5 Å². The molecule has 2 aliphatic rings. The summed E-state index contributed by atoms with van der Waals surface area (Å²) in [7, 11) is 0. The first kappa shape index (κ1) is 27.2. The van der Waals surface area contributed by atoms with Gasteiger partial charge in [-0.2, -0.15) is 18.3 Å². The van der Waals surface area contributed by atoms with Gasteiger partial charge in [0, 0.05) is 38.7 Å². The molecule has 1 aliphatic carbocycles. The summed E-state index contributed by atoms with van der Waals surface area (Å²) in [5.41, 5.74) is 5.55. The molecule has 0 unspecified atom stereocenters. The summed E-state index contributed by atoms with van der Waals surface area (Å²) in [6, 6.07) is 13.3. The Kier molecular flexibility index (Phi) is 8.32. The number of aryl methyl sites for hydroxylation is 2. The van der Waals surface area contributed by atoms with Gasteiger partial charge in [0.2, 0.25) is 0 Å². The van der Waals surface area contributed by atoms with Crippen molar-refractivity contribution in [3.8, 4) is 17.2 Å². The number of aromatic nitrogens is 2. The molecule has 1 spiro atoms. The topological polar surface area (TPSA) is 61.4 Å². The van der Waals surface area contributed by atoms with Crippen LogP contribution in [-0.2, 0) is 21.1 Å². The Bertz CT molecular complexity index is 1150. The average molecular weight is 660 g/mol. The Morgan fingerprint density at radius 1 is 1.11 bits per heavy atom. The minimum absolute atomic E-state index is 0. The number of phenols is 1. The van der Waals surface area contributed by atoms with Gasteiger partial charge < -0.3 is 15.2 Å². The van der Waals surface area contributed by atoms with Crippen LogP contribution in [0.15, 0.2) is 48.5 Å². The van der Waals surface area contributed by atoms with Crippen LogP contribution in [0.3, 0.4) is 0 Å². The van der Waals surface area contributed by atoms with Crippen LogP contribution in [0.4, 0.5) is 17.6 Å². The molecule has 35 heavy (non-hydrogen) atoms. The molecular weight excluding hydrogens is 634 g/mol. The smallest absolute Gasteiger partial charge is 0.422 e. The fourth-order valence-electron chi connectivity index (χ4n) is 4.45. The summed E-state index contributed by atoms with van der Waals surface area (Å²) in [4.78, 5) is 0. The van der Waals surface area contributed by atoms with Crippen molar-refractivity contribution in [2.45, 2.75) is 38.8 Å². The normalized spacial score (nSPS) is 16.4. The molecule has 0 bridgehead atoms. The number of ether oxygens (including phenoxy) is 1. The van der Waals surface area contributed by atoms with E-state index in [0.717, 1.165) is 30.9 Å². The maximum Gasteiger partial charge on any atom is 0.422 e. The SMILES string of the molecule is Cc1cc(C2CC3(C[N-]C3)C2)n(-c2ccccc2C)n1.Oc1ccc(F)cc1OCC(F)(F)F.[W]. The molecule has 1 saturated heterocycles. The van der Waals surface area contributed by atoms with Crippen LogP contribution in [0.5, 0.6) is 11.5 Å². The van der Waals surface area contributed by atoms with Crippen molar-refractivity contribution in [3.63, 3.8) is 0 Å². The Balaban J connectivity index is 0.000000203. The molecule has 0 atom stereocenters. The van der Waals surface area contributed by atoms with Crippen LogP contribution in [0.1, 0.15) is 35.7 Å². The largest absolute Gasteiger partial charge is 0.661 e. The summed E-state index contributed by atoms with van der Waals surface area (Å²) < 4.78 is 53.8. The van der Waals surface area contributed by atoms with Crippen molar-refractivity contribution < 1.29 is 48.5 Å². The monoisotopic (exact) mass is 660 g/mol. The van der Waals surface area contributed by atoms with Crippen molar-refractivity contribution >= 4 is 0 Å². The van der Waals surface area contributed by atoms with Crippen molar-refractivity contribution in [2.24, 2.45) is 5.41 Å². The molecule has 1 saturated carbocycles. The quantitative estimate of drug-likeness (QED) is 0.339. The third kappa shape index (κ3) is 6.44. The zero-order chi connectivity index (χ0) is 24.5.